The molecule has 0 saturated carbocycles. The first-order valence-corrected chi connectivity index (χ1v) is 7.71. The highest BCUT2D eigenvalue weighted by molar-refractivity contribution is 7.18. The molecular weight excluding hydrogens is 376 g/mol. The minimum Gasteiger partial charge on any atom is -0.382 e. The minimum atomic E-state index is -0.0724. The Morgan fingerprint density at radius 3 is 2.00 bits per heavy atom. The molecule has 1 aliphatic rings. The van der Waals surface area contributed by atoms with Gasteiger partial charge in [0.1, 0.15) is 5.82 Å². The lowest BCUT2D eigenvalue weighted by atomic mass is 10.0. The average molecular weight is 381 g/mol. The van der Waals surface area contributed by atoms with Crippen LogP contribution >= 0.6 is 57.7 Å². The molecule has 2 aromatic rings. The fraction of sp³-hybridized carbons (Fsp3) is 0. The van der Waals surface area contributed by atoms with Gasteiger partial charge in [-0.3, -0.25) is 5.41 Å². The van der Waals surface area contributed by atoms with Crippen LogP contribution in [-0.2, 0) is 0 Å². The zero-order chi connectivity index (χ0) is 15.5. The molecule has 1 aliphatic heterocycles. The van der Waals surface area contributed by atoms with E-state index in [4.69, 9.17) is 63.3 Å². The number of amidine groups is 1. The number of halogens is 4. The number of fused-ring (bicyclic) bond motifs is 1. The molecule has 0 amide bonds. The van der Waals surface area contributed by atoms with E-state index < -0.39 is 0 Å². The van der Waals surface area contributed by atoms with Crippen molar-refractivity contribution in [2.24, 2.45) is 4.99 Å². The second-order valence-electron chi connectivity index (χ2n) is 4.08. The molecule has 0 bridgehead atoms. The van der Waals surface area contributed by atoms with Crippen LogP contribution in [0, 0.1) is 5.41 Å². The summed E-state index contributed by atoms with van der Waals surface area (Å²) in [5.74, 6) is 0.131. The minimum absolute atomic E-state index is 0.0724. The van der Waals surface area contributed by atoms with E-state index >= 15 is 0 Å². The van der Waals surface area contributed by atoms with Gasteiger partial charge in [0.25, 0.3) is 0 Å². The number of nitrogens with two attached hydrogens (primary N) is 2. The van der Waals surface area contributed by atoms with Crippen molar-refractivity contribution >= 4 is 80.2 Å². The molecule has 0 saturated heterocycles. The van der Waals surface area contributed by atoms with Gasteiger partial charge in [0, 0.05) is 11.1 Å². The SMILES string of the molecule is N=C1N=C(c2sc(N)nc2N)c2c(Cl)c(Cl)c(Cl)c(Cl)c21. The smallest absolute Gasteiger partial charge is 0.182 e. The molecule has 5 nitrogen and oxygen atoms in total. The Labute approximate surface area is 143 Å². The molecule has 5 N–H and O–H groups in total. The maximum absolute atomic E-state index is 7.97. The van der Waals surface area contributed by atoms with Gasteiger partial charge in [0.2, 0.25) is 0 Å². The van der Waals surface area contributed by atoms with Crippen LogP contribution in [0.25, 0.3) is 0 Å². The average Bonchev–Trinajstić information content (AvgIpc) is 2.93. The molecule has 0 fully saturated rings. The Morgan fingerprint density at radius 1 is 0.905 bits per heavy atom. The lowest BCUT2D eigenvalue weighted by Crippen LogP contribution is -2.04. The first-order valence-electron chi connectivity index (χ1n) is 5.39. The molecule has 10 heteroatoms. The van der Waals surface area contributed by atoms with Gasteiger partial charge in [-0.1, -0.05) is 57.7 Å². The topological polar surface area (TPSA) is 101 Å². The van der Waals surface area contributed by atoms with Gasteiger partial charge in [0.15, 0.2) is 11.0 Å². The standard InChI is InChI=1S/C11H5Cl4N5S/c12-3-1-2(4(13)6(15)5(3)14)9(16)19-7(1)8-10(17)20-11(18)21-8/h16H,17H2,(H2,18,20). The summed E-state index contributed by atoms with van der Waals surface area (Å²) in [5, 5.41) is 8.72. The van der Waals surface area contributed by atoms with Crippen LogP contribution in [0.2, 0.25) is 20.1 Å². The van der Waals surface area contributed by atoms with E-state index in [1.807, 2.05) is 0 Å². The summed E-state index contributed by atoms with van der Waals surface area (Å²) in [7, 11) is 0. The Balaban J connectivity index is 2.35. The van der Waals surface area contributed by atoms with E-state index in [-0.39, 0.29) is 36.9 Å². The van der Waals surface area contributed by atoms with E-state index in [1.54, 1.807) is 0 Å². The molecule has 3 rings (SSSR count). The third-order valence-electron chi connectivity index (χ3n) is 2.85. The van der Waals surface area contributed by atoms with E-state index in [0.717, 1.165) is 11.3 Å². The summed E-state index contributed by atoms with van der Waals surface area (Å²) < 4.78 is 0. The highest BCUT2D eigenvalue weighted by Gasteiger charge is 2.33. The predicted octanol–water partition coefficient (Wildman–Crippen LogP) is 4.10. The quantitative estimate of drug-likeness (QED) is 0.512. The van der Waals surface area contributed by atoms with Crippen molar-refractivity contribution in [2.45, 2.75) is 0 Å². The highest BCUT2D eigenvalue weighted by Crippen LogP contribution is 2.45. The third-order valence-corrected chi connectivity index (χ3v) is 5.56. The van der Waals surface area contributed by atoms with E-state index in [9.17, 15) is 0 Å². The maximum atomic E-state index is 7.97. The molecule has 1 aromatic carbocycles. The van der Waals surface area contributed by atoms with E-state index in [0.29, 0.717) is 21.7 Å². The number of hydrogen-bond donors (Lipinski definition) is 3. The molecule has 0 atom stereocenters. The number of aliphatic imine (C=N–C) groups is 1. The summed E-state index contributed by atoms with van der Waals surface area (Å²) in [6, 6.07) is 0. The maximum Gasteiger partial charge on any atom is 0.182 e. The van der Waals surface area contributed by atoms with Crippen LogP contribution in [0.3, 0.4) is 0 Å². The van der Waals surface area contributed by atoms with Gasteiger partial charge >= 0.3 is 0 Å². The van der Waals surface area contributed by atoms with Crippen molar-refractivity contribution in [3.63, 3.8) is 0 Å². The first-order chi connectivity index (χ1) is 9.82. The predicted molar refractivity (Wildman–Crippen MR) is 89.9 cm³/mol. The van der Waals surface area contributed by atoms with Gasteiger partial charge < -0.3 is 11.5 Å². The molecule has 0 unspecified atom stereocenters. The number of nitrogens with zero attached hydrogens (tertiary/aromatic N) is 2. The van der Waals surface area contributed by atoms with Gasteiger partial charge in [0.05, 0.1) is 30.7 Å². The summed E-state index contributed by atoms with van der Waals surface area (Å²) in [4.78, 5) is 8.59. The molecule has 108 valence electrons. The highest BCUT2D eigenvalue weighted by atomic mass is 35.5. The number of nitrogens with one attached hydrogen (secondary N) is 1. The largest absolute Gasteiger partial charge is 0.382 e. The Kier molecular flexibility index (Phi) is 3.54. The van der Waals surface area contributed by atoms with E-state index in [1.165, 1.54) is 0 Å². The van der Waals surface area contributed by atoms with Crippen LogP contribution in [0.15, 0.2) is 4.99 Å². The van der Waals surface area contributed by atoms with Crippen molar-refractivity contribution in [3.8, 4) is 0 Å². The summed E-state index contributed by atoms with van der Waals surface area (Å²) in [5.41, 5.74) is 12.5. The lowest BCUT2D eigenvalue weighted by molar-refractivity contribution is 1.42. The fourth-order valence-corrected chi connectivity index (χ4v) is 3.76. The third kappa shape index (κ3) is 2.10. The van der Waals surface area contributed by atoms with Gasteiger partial charge in [-0.2, -0.15) is 0 Å². The molecule has 2 heterocycles. The second-order valence-corrected chi connectivity index (χ2v) is 6.62. The van der Waals surface area contributed by atoms with Crippen LogP contribution in [0.1, 0.15) is 16.0 Å². The molecule has 0 aliphatic carbocycles. The number of hydrogen-bond acceptors (Lipinski definition) is 5. The molecular formula is C11H5Cl4N5S. The summed E-state index contributed by atoms with van der Waals surface area (Å²) in [6.45, 7) is 0. The van der Waals surface area contributed by atoms with Crippen molar-refractivity contribution < 1.29 is 0 Å². The number of nitrogen functional groups attached to an aromatic ring is 2. The monoisotopic (exact) mass is 379 g/mol. The normalized spacial score (nSPS) is 13.5. The fourth-order valence-electron chi connectivity index (χ4n) is 1.98. The number of benzene rings is 1. The molecule has 21 heavy (non-hydrogen) atoms. The second kappa shape index (κ2) is 5.00. The number of aromatic nitrogens is 1. The Bertz CT molecular complexity index is 842. The molecule has 0 radical (unpaired) electrons. The van der Waals surface area contributed by atoms with Crippen molar-refractivity contribution in [1.29, 1.82) is 5.41 Å². The van der Waals surface area contributed by atoms with Crippen molar-refractivity contribution in [3.05, 3.63) is 36.1 Å². The van der Waals surface area contributed by atoms with Gasteiger partial charge in [-0.25, -0.2) is 9.98 Å². The number of thiazole rings is 1. The Hall–Kier alpha value is -1.05. The zero-order valence-electron chi connectivity index (χ0n) is 9.97. The van der Waals surface area contributed by atoms with Gasteiger partial charge in [-0.15, -0.1) is 0 Å². The number of anilines is 2. The van der Waals surface area contributed by atoms with Gasteiger partial charge in [-0.05, 0) is 0 Å². The van der Waals surface area contributed by atoms with Crippen LogP contribution in [-0.4, -0.2) is 16.5 Å². The molecule has 0 spiro atoms. The zero-order valence-corrected chi connectivity index (χ0v) is 13.8. The summed E-state index contributed by atoms with van der Waals surface area (Å²) in [6.07, 6.45) is 0. The Morgan fingerprint density at radius 2 is 1.48 bits per heavy atom. The molecule has 1 aromatic heterocycles. The number of rotatable bonds is 1. The van der Waals surface area contributed by atoms with Crippen molar-refractivity contribution in [2.75, 3.05) is 11.5 Å². The van der Waals surface area contributed by atoms with E-state index in [2.05, 4.69) is 9.98 Å². The van der Waals surface area contributed by atoms with Crippen LogP contribution in [0.5, 0.6) is 0 Å². The summed E-state index contributed by atoms with van der Waals surface area (Å²) >= 11 is 25.6. The van der Waals surface area contributed by atoms with Crippen LogP contribution < -0.4 is 11.5 Å². The lowest BCUT2D eigenvalue weighted by Gasteiger charge is -2.10. The van der Waals surface area contributed by atoms with Crippen LogP contribution in [0.4, 0.5) is 10.9 Å². The first kappa shape index (κ1) is 14.9. The van der Waals surface area contributed by atoms with Crippen molar-refractivity contribution in [1.82, 2.24) is 4.98 Å².